The van der Waals surface area contributed by atoms with Crippen molar-refractivity contribution < 1.29 is 28.3 Å². The Hall–Kier alpha value is -3.96. The topological polar surface area (TPSA) is 135 Å². The number of carbonyl (C=O) groups excluding carboxylic acids is 4. The van der Waals surface area contributed by atoms with Gasteiger partial charge in [0.15, 0.2) is 0 Å². The second-order valence-electron chi connectivity index (χ2n) is 13.2. The molecule has 0 spiro atoms. The van der Waals surface area contributed by atoms with E-state index in [1.807, 2.05) is 38.1 Å². The third-order valence-electron chi connectivity index (χ3n) is 7.98. The fourth-order valence-corrected chi connectivity index (χ4v) is 5.72. The first-order chi connectivity index (χ1) is 19.4. The number of hydrogen-bond donors (Lipinski definition) is 0. The number of amides is 3. The highest BCUT2D eigenvalue weighted by molar-refractivity contribution is 5.99. The predicted octanol–water partition coefficient (Wildman–Crippen LogP) is 3.23. The van der Waals surface area contributed by atoms with Crippen LogP contribution in [-0.2, 0) is 33.5 Å². The zero-order valence-corrected chi connectivity index (χ0v) is 25.7. The number of ketones is 1. The number of fused-ring (bicyclic) bond motifs is 1. The summed E-state index contributed by atoms with van der Waals surface area (Å²) in [5.41, 5.74) is -0.364. The van der Waals surface area contributed by atoms with Gasteiger partial charge in [-0.2, -0.15) is 4.68 Å². The van der Waals surface area contributed by atoms with Crippen LogP contribution in [-0.4, -0.2) is 78.4 Å². The summed E-state index contributed by atoms with van der Waals surface area (Å²) in [6, 6.07) is 7.03. The van der Waals surface area contributed by atoms with E-state index in [4.69, 9.17) is 9.15 Å². The van der Waals surface area contributed by atoms with Crippen LogP contribution in [0.25, 0.3) is 0 Å². The van der Waals surface area contributed by atoms with Crippen molar-refractivity contribution >= 4 is 23.7 Å². The zero-order valence-electron chi connectivity index (χ0n) is 25.7. The predicted molar refractivity (Wildman–Crippen MR) is 152 cm³/mol. The average molecular weight is 584 g/mol. The van der Waals surface area contributed by atoms with E-state index in [0.29, 0.717) is 19.4 Å². The molecular formula is C30H41N5O7. The Kier molecular flexibility index (Phi) is 8.14. The Morgan fingerprint density at radius 3 is 2.36 bits per heavy atom. The first-order valence-electron chi connectivity index (χ1n) is 14.2. The largest absolute Gasteiger partial charge is 0.444 e. The highest BCUT2D eigenvalue weighted by Crippen LogP contribution is 2.40. The summed E-state index contributed by atoms with van der Waals surface area (Å²) in [5.74, 6) is -2.36. The highest BCUT2D eigenvalue weighted by atomic mass is 16.6. The lowest BCUT2D eigenvalue weighted by molar-refractivity contribution is -0.141. The molecule has 0 radical (unpaired) electrons. The van der Waals surface area contributed by atoms with Gasteiger partial charge in [-0.3, -0.25) is 19.3 Å². The van der Waals surface area contributed by atoms with Crippen LogP contribution >= 0.6 is 0 Å². The van der Waals surface area contributed by atoms with Crippen molar-refractivity contribution in [1.29, 1.82) is 0 Å². The van der Waals surface area contributed by atoms with Gasteiger partial charge in [-0.15, -0.1) is 5.10 Å². The fraction of sp³-hybridized carbons (Fsp3) is 0.600. The Morgan fingerprint density at radius 1 is 1.10 bits per heavy atom. The van der Waals surface area contributed by atoms with Crippen molar-refractivity contribution in [1.82, 2.24) is 24.5 Å². The molecule has 1 atom stereocenters. The molecule has 0 aliphatic carbocycles. The van der Waals surface area contributed by atoms with Crippen LogP contribution in [0.15, 0.2) is 33.5 Å². The lowest BCUT2D eigenvalue weighted by atomic mass is 9.92. The number of aromatic nitrogens is 2. The van der Waals surface area contributed by atoms with E-state index in [1.165, 1.54) is 16.8 Å². The molecule has 3 amide bonds. The summed E-state index contributed by atoms with van der Waals surface area (Å²) in [5, 5.41) is 3.84. The Labute approximate surface area is 245 Å². The Balaban J connectivity index is 1.56. The van der Waals surface area contributed by atoms with Crippen LogP contribution in [0.3, 0.4) is 0 Å². The second-order valence-corrected chi connectivity index (χ2v) is 13.2. The molecule has 12 heteroatoms. The fourth-order valence-electron chi connectivity index (χ4n) is 5.72. The van der Waals surface area contributed by atoms with Gasteiger partial charge in [0.25, 0.3) is 5.89 Å². The van der Waals surface area contributed by atoms with E-state index in [2.05, 4.69) is 5.10 Å². The van der Waals surface area contributed by atoms with Gasteiger partial charge in [-0.1, -0.05) is 24.3 Å². The molecule has 1 aromatic heterocycles. The summed E-state index contributed by atoms with van der Waals surface area (Å²) >= 11 is 0. The van der Waals surface area contributed by atoms with Gasteiger partial charge in [-0.05, 0) is 72.4 Å². The third-order valence-corrected chi connectivity index (χ3v) is 7.98. The molecule has 228 valence electrons. The molecular weight excluding hydrogens is 542 g/mol. The minimum Gasteiger partial charge on any atom is -0.444 e. The maximum absolute atomic E-state index is 13.8. The van der Waals surface area contributed by atoms with Crippen LogP contribution in [0.4, 0.5) is 4.79 Å². The minimum absolute atomic E-state index is 0.0572. The van der Waals surface area contributed by atoms with Gasteiger partial charge in [-0.25, -0.2) is 9.59 Å². The van der Waals surface area contributed by atoms with E-state index >= 15 is 0 Å². The van der Waals surface area contributed by atoms with Gasteiger partial charge in [0.05, 0.1) is 5.54 Å². The van der Waals surface area contributed by atoms with E-state index in [-0.39, 0.29) is 24.8 Å². The first-order valence-corrected chi connectivity index (χ1v) is 14.2. The lowest BCUT2D eigenvalue weighted by Crippen LogP contribution is -2.56. The van der Waals surface area contributed by atoms with E-state index in [9.17, 15) is 24.0 Å². The van der Waals surface area contributed by atoms with Gasteiger partial charge in [0, 0.05) is 32.1 Å². The van der Waals surface area contributed by atoms with Crippen LogP contribution in [0.2, 0.25) is 0 Å². The number of carbonyl (C=O) groups is 4. The van der Waals surface area contributed by atoms with Gasteiger partial charge in [0.1, 0.15) is 18.2 Å². The molecule has 1 saturated heterocycles. The smallest absolute Gasteiger partial charge is 0.437 e. The molecule has 2 aromatic rings. The van der Waals surface area contributed by atoms with Crippen LogP contribution in [0.1, 0.15) is 89.5 Å². The SMILES string of the molecule is Cn1nc(C(=O)[C@@H]2CCCN2C(=O)CN(C(=O)OC(C)(C)C)C(C)(C)CC(=O)N2Cc3ccccc3C2(C)C)oc1=O. The van der Waals surface area contributed by atoms with Crippen LogP contribution in [0, 0.1) is 0 Å². The summed E-state index contributed by atoms with van der Waals surface area (Å²) in [7, 11) is 1.37. The molecule has 12 nitrogen and oxygen atoms in total. The number of Topliss-reactive ketones (excluding diaryl/α,β-unsaturated/α-hetero) is 1. The second kappa shape index (κ2) is 11.0. The maximum Gasteiger partial charge on any atom is 0.437 e. The van der Waals surface area contributed by atoms with Crippen molar-refractivity contribution in [3.63, 3.8) is 0 Å². The molecule has 1 fully saturated rings. The normalized spacial score (nSPS) is 18.1. The number of likely N-dealkylation sites (tertiary alicyclic amines) is 1. The molecule has 1 aromatic carbocycles. The van der Waals surface area contributed by atoms with Gasteiger partial charge >= 0.3 is 11.8 Å². The Bertz CT molecular complexity index is 1450. The summed E-state index contributed by atoms with van der Waals surface area (Å²) < 4.78 is 11.5. The minimum atomic E-state index is -1.12. The quantitative estimate of drug-likeness (QED) is 0.454. The molecule has 2 aliphatic heterocycles. The molecule has 0 saturated carbocycles. The maximum atomic E-state index is 13.8. The monoisotopic (exact) mass is 583 g/mol. The van der Waals surface area contributed by atoms with Crippen molar-refractivity contribution in [2.75, 3.05) is 13.1 Å². The van der Waals surface area contributed by atoms with E-state index < -0.39 is 52.8 Å². The summed E-state index contributed by atoms with van der Waals surface area (Å²) in [6.07, 6.45) is 0.121. The van der Waals surface area contributed by atoms with E-state index in [0.717, 1.165) is 15.8 Å². The molecule has 0 unspecified atom stereocenters. The van der Waals surface area contributed by atoms with Crippen molar-refractivity contribution in [3.8, 4) is 0 Å². The lowest BCUT2D eigenvalue weighted by Gasteiger charge is -2.41. The van der Waals surface area contributed by atoms with Crippen LogP contribution in [0.5, 0.6) is 0 Å². The standard InChI is InChI=1S/C30H41N5O7/c1-28(2,3)42-27(40)35(18-23(37)33-15-11-14-21(33)24(38)25-31-32(8)26(39)41-25)29(4,5)16-22(36)34-17-19-12-9-10-13-20(19)30(34,6)7/h9-10,12-13,21H,11,14-18H2,1-8H3/t21-/m0/s1. The number of benzene rings is 1. The number of hydrogen-bond acceptors (Lipinski definition) is 8. The van der Waals surface area contributed by atoms with Crippen molar-refractivity contribution in [2.45, 2.75) is 97.0 Å². The first kappa shape index (κ1) is 31.0. The summed E-state index contributed by atoms with van der Waals surface area (Å²) in [6.45, 7) is 12.9. The summed E-state index contributed by atoms with van der Waals surface area (Å²) in [4.78, 5) is 70.3. The van der Waals surface area contributed by atoms with Crippen molar-refractivity contribution in [2.24, 2.45) is 7.05 Å². The number of ether oxygens (including phenoxy) is 1. The average Bonchev–Trinajstić information content (AvgIpc) is 3.57. The molecule has 42 heavy (non-hydrogen) atoms. The highest BCUT2D eigenvalue weighted by Gasteiger charge is 2.45. The molecule has 3 heterocycles. The number of nitrogens with zero attached hydrogens (tertiary/aromatic N) is 5. The molecule has 0 N–H and O–H groups in total. The van der Waals surface area contributed by atoms with Gasteiger partial charge < -0.3 is 19.0 Å². The third kappa shape index (κ3) is 6.12. The molecule has 4 rings (SSSR count). The van der Waals surface area contributed by atoms with Crippen LogP contribution < -0.4 is 5.76 Å². The zero-order chi connectivity index (χ0) is 31.2. The number of aryl methyl sites for hydroxylation is 1. The Morgan fingerprint density at radius 2 is 1.76 bits per heavy atom. The van der Waals surface area contributed by atoms with E-state index in [1.54, 1.807) is 39.5 Å². The van der Waals surface area contributed by atoms with Gasteiger partial charge in [0.2, 0.25) is 17.6 Å². The molecule has 0 bridgehead atoms. The number of rotatable bonds is 7. The molecule has 2 aliphatic rings. The van der Waals surface area contributed by atoms with Crippen molar-refractivity contribution in [3.05, 3.63) is 51.8 Å².